The van der Waals surface area contributed by atoms with Crippen LogP contribution in [0.15, 0.2) is 66.8 Å². The van der Waals surface area contributed by atoms with Crippen LogP contribution in [0.4, 0.5) is 0 Å². The molecule has 2 heteroatoms. The highest BCUT2D eigenvalue weighted by Gasteiger charge is 2.59. The Hall–Kier alpha value is -1.90. The van der Waals surface area contributed by atoms with Gasteiger partial charge in [-0.1, -0.05) is 48.6 Å². The van der Waals surface area contributed by atoms with Gasteiger partial charge in [0.15, 0.2) is 0 Å². The first-order valence-corrected chi connectivity index (χ1v) is 9.24. The highest BCUT2D eigenvalue weighted by molar-refractivity contribution is 7.25. The lowest BCUT2D eigenvalue weighted by molar-refractivity contribution is 0.304. The number of hydrogen-bond donors (Lipinski definition) is 0. The van der Waals surface area contributed by atoms with E-state index in [2.05, 4.69) is 71.7 Å². The summed E-state index contributed by atoms with van der Waals surface area (Å²) in [6.45, 7) is 0. The summed E-state index contributed by atoms with van der Waals surface area (Å²) < 4.78 is 2.78. The van der Waals surface area contributed by atoms with E-state index in [-0.39, 0.29) is 5.54 Å². The second-order valence-corrected chi connectivity index (χ2v) is 8.04. The van der Waals surface area contributed by atoms with Crippen molar-refractivity contribution in [3.05, 3.63) is 72.3 Å². The van der Waals surface area contributed by atoms with Crippen LogP contribution >= 0.6 is 11.3 Å². The van der Waals surface area contributed by atoms with Crippen LogP contribution in [0.5, 0.6) is 0 Å². The van der Waals surface area contributed by atoms with E-state index in [4.69, 9.17) is 0 Å². The molecule has 1 nitrogen and oxygen atoms in total. The molecule has 0 amide bonds. The molecule has 1 aromatic heterocycles. The van der Waals surface area contributed by atoms with Crippen LogP contribution in [0.1, 0.15) is 18.4 Å². The fraction of sp³-hybridized carbons (Fsp3) is 0.238. The molecular weight excluding hydrogens is 298 g/mol. The van der Waals surface area contributed by atoms with Gasteiger partial charge in [-0.2, -0.15) is 0 Å². The van der Waals surface area contributed by atoms with E-state index in [1.165, 1.54) is 38.6 Å². The minimum absolute atomic E-state index is 0.00304. The van der Waals surface area contributed by atoms with Gasteiger partial charge in [-0.3, -0.25) is 4.90 Å². The van der Waals surface area contributed by atoms with Gasteiger partial charge in [0.2, 0.25) is 0 Å². The van der Waals surface area contributed by atoms with Crippen molar-refractivity contribution in [2.24, 2.45) is 0 Å². The van der Waals surface area contributed by atoms with Crippen LogP contribution in [0.2, 0.25) is 0 Å². The molecule has 0 spiro atoms. The zero-order valence-electron chi connectivity index (χ0n) is 12.8. The highest BCUT2D eigenvalue weighted by atomic mass is 32.1. The summed E-state index contributed by atoms with van der Waals surface area (Å²) in [5, 5.41) is 2.80. The summed E-state index contributed by atoms with van der Waals surface area (Å²) in [6, 6.07) is 17.4. The minimum Gasteiger partial charge on any atom is -0.277 e. The summed E-state index contributed by atoms with van der Waals surface area (Å²) >= 11 is 1.90. The molecule has 2 unspecified atom stereocenters. The Kier molecular flexibility index (Phi) is 2.25. The molecule has 0 radical (unpaired) electrons. The molecule has 2 atom stereocenters. The van der Waals surface area contributed by atoms with Crippen molar-refractivity contribution in [2.45, 2.75) is 30.5 Å². The van der Waals surface area contributed by atoms with E-state index in [1.54, 1.807) is 0 Å². The van der Waals surface area contributed by atoms with Crippen molar-refractivity contribution >= 4 is 31.5 Å². The number of nitrogens with zero attached hydrogens (tertiary/aromatic N) is 1. The van der Waals surface area contributed by atoms with E-state index in [0.29, 0.717) is 0 Å². The monoisotopic (exact) mass is 315 g/mol. The Morgan fingerprint density at radius 1 is 0.870 bits per heavy atom. The molecule has 3 aliphatic heterocycles. The maximum atomic E-state index is 2.71. The van der Waals surface area contributed by atoms with Gasteiger partial charge in [-0.25, -0.2) is 0 Å². The van der Waals surface area contributed by atoms with E-state index in [9.17, 15) is 0 Å². The van der Waals surface area contributed by atoms with Crippen molar-refractivity contribution in [3.8, 4) is 0 Å². The fourth-order valence-electron chi connectivity index (χ4n) is 4.74. The Morgan fingerprint density at radius 3 is 2.43 bits per heavy atom. The van der Waals surface area contributed by atoms with Crippen LogP contribution in [-0.4, -0.2) is 17.0 Å². The summed E-state index contributed by atoms with van der Waals surface area (Å²) in [4.78, 5) is 2.71. The van der Waals surface area contributed by atoms with Crippen LogP contribution < -0.4 is 0 Å². The van der Waals surface area contributed by atoms with Crippen LogP contribution in [0.25, 0.3) is 20.2 Å². The molecule has 4 heterocycles. The van der Waals surface area contributed by atoms with Crippen molar-refractivity contribution in [2.75, 3.05) is 0 Å². The van der Waals surface area contributed by atoms with Gasteiger partial charge >= 0.3 is 0 Å². The average Bonchev–Trinajstić information content (AvgIpc) is 3.19. The molecule has 23 heavy (non-hydrogen) atoms. The first-order valence-electron chi connectivity index (χ1n) is 8.42. The van der Waals surface area contributed by atoms with Crippen molar-refractivity contribution in [1.29, 1.82) is 0 Å². The van der Waals surface area contributed by atoms with E-state index >= 15 is 0 Å². The third-order valence-corrected chi connectivity index (χ3v) is 6.99. The van der Waals surface area contributed by atoms with Crippen LogP contribution in [-0.2, 0) is 5.54 Å². The molecule has 0 N–H and O–H groups in total. The molecule has 2 aromatic carbocycles. The number of benzene rings is 2. The van der Waals surface area contributed by atoms with E-state index in [0.717, 1.165) is 12.1 Å². The molecule has 6 rings (SSSR count). The first-order chi connectivity index (χ1) is 11.4. The average molecular weight is 315 g/mol. The van der Waals surface area contributed by atoms with Gasteiger partial charge in [0, 0.05) is 32.3 Å². The molecule has 0 saturated carbocycles. The summed E-state index contributed by atoms with van der Waals surface area (Å²) in [5.41, 5.74) is 1.43. The number of hydrogen-bond acceptors (Lipinski definition) is 2. The summed E-state index contributed by atoms with van der Waals surface area (Å²) in [7, 11) is 0. The lowest BCUT2D eigenvalue weighted by Crippen LogP contribution is -2.36. The lowest BCUT2D eigenvalue weighted by atomic mass is 9.85. The molecule has 3 aliphatic rings. The van der Waals surface area contributed by atoms with Gasteiger partial charge in [0.1, 0.15) is 0 Å². The normalized spacial score (nSPS) is 34.0. The third-order valence-electron chi connectivity index (χ3n) is 5.83. The second-order valence-electron chi connectivity index (χ2n) is 6.95. The first kappa shape index (κ1) is 12.5. The lowest BCUT2D eigenvalue weighted by Gasteiger charge is -2.35. The fourth-order valence-corrected chi connectivity index (χ4v) is 5.83. The van der Waals surface area contributed by atoms with Gasteiger partial charge in [0.25, 0.3) is 0 Å². The molecule has 112 valence electrons. The van der Waals surface area contributed by atoms with Crippen molar-refractivity contribution in [3.63, 3.8) is 0 Å². The highest BCUT2D eigenvalue weighted by Crippen LogP contribution is 2.54. The Bertz CT molecular complexity index is 987. The summed E-state index contributed by atoms with van der Waals surface area (Å²) in [6.07, 6.45) is 12.1. The molecule has 1 fully saturated rings. The van der Waals surface area contributed by atoms with E-state index < -0.39 is 0 Å². The second kappa shape index (κ2) is 4.14. The quantitative estimate of drug-likeness (QED) is 0.439. The van der Waals surface area contributed by atoms with E-state index in [1.807, 2.05) is 11.3 Å². The molecule has 0 aliphatic carbocycles. The Balaban J connectivity index is 1.63. The Labute approximate surface area is 139 Å². The van der Waals surface area contributed by atoms with Gasteiger partial charge in [-0.15, -0.1) is 11.3 Å². The predicted octanol–water partition coefficient (Wildman–Crippen LogP) is 5.22. The van der Waals surface area contributed by atoms with Gasteiger partial charge in [-0.05, 0) is 36.6 Å². The van der Waals surface area contributed by atoms with Crippen molar-refractivity contribution < 1.29 is 0 Å². The topological polar surface area (TPSA) is 3.01 Å². The van der Waals surface area contributed by atoms with Crippen LogP contribution in [0, 0.1) is 0 Å². The zero-order chi connectivity index (χ0) is 15.0. The summed E-state index contributed by atoms with van der Waals surface area (Å²) in [5.74, 6) is 0. The van der Waals surface area contributed by atoms with Crippen molar-refractivity contribution in [1.82, 2.24) is 4.90 Å². The smallest absolute Gasteiger partial charge is 0.0838 e. The Morgan fingerprint density at radius 2 is 1.61 bits per heavy atom. The van der Waals surface area contributed by atoms with Gasteiger partial charge in [0.05, 0.1) is 5.54 Å². The zero-order valence-corrected chi connectivity index (χ0v) is 13.6. The molecule has 3 aromatic rings. The minimum atomic E-state index is 0.00304. The number of thiophene rings is 1. The number of fused-ring (bicyclic) bond motifs is 4. The van der Waals surface area contributed by atoms with Crippen LogP contribution in [0.3, 0.4) is 0 Å². The standard InChI is InChI=1S/C21H17NS/c1-2-8-19-15(5-1)16-13-14(9-10-20(16)23-19)21-11-3-6-17-18(22(17)21)7-4-12-21/h1-5,8-13,17-18H,6-7H2. The SMILES string of the molecule is C1=CC2(c3ccc4sc5ccccc5c4c3)C=CCC3C(C1)N32. The maximum absolute atomic E-state index is 2.71. The van der Waals surface area contributed by atoms with Gasteiger partial charge < -0.3 is 0 Å². The maximum Gasteiger partial charge on any atom is 0.0838 e. The third kappa shape index (κ3) is 1.51. The molecular formula is C21H17NS. The number of rotatable bonds is 1. The molecule has 1 saturated heterocycles. The molecule has 0 bridgehead atoms. The predicted molar refractivity (Wildman–Crippen MR) is 97.9 cm³/mol. The largest absolute Gasteiger partial charge is 0.277 e.